The maximum Gasteiger partial charge on any atom is 0.306 e. The second-order valence-electron chi connectivity index (χ2n) is 10.4. The summed E-state index contributed by atoms with van der Waals surface area (Å²) >= 11 is 0. The average molecular weight is 437 g/mol. The molecule has 0 saturated heterocycles. The molecule has 3 saturated carbocycles. The molecular formula is C25H34F2O4. The Labute approximate surface area is 183 Å². The Morgan fingerprint density at radius 1 is 1.32 bits per heavy atom. The average Bonchev–Trinajstić information content (AvgIpc) is 2.99. The van der Waals surface area contributed by atoms with Gasteiger partial charge in [-0.3, -0.25) is 9.59 Å². The standard InChI is InChI=1S/C25H34F2O4/c1-5-7-20(30)31-22-14(3)12-17-15-8-9-16-21(26)18(28)10-11-23(16,4)25(15,27)19(29)13-24(17,22)6-2/h10-11,14-15,17,19,22,29H,5-9,12-13H2,1-4H3/t14-,15-,17-,19-,22+,23-,24-,25-/m0/s1. The van der Waals surface area contributed by atoms with Gasteiger partial charge < -0.3 is 9.84 Å². The molecule has 172 valence electrons. The Morgan fingerprint density at radius 2 is 2.03 bits per heavy atom. The van der Waals surface area contributed by atoms with Crippen LogP contribution in [0.25, 0.3) is 0 Å². The molecule has 8 atom stereocenters. The molecule has 0 unspecified atom stereocenters. The number of allylic oxidation sites excluding steroid dienone is 4. The molecule has 31 heavy (non-hydrogen) atoms. The molecule has 0 aromatic carbocycles. The molecule has 3 fully saturated rings. The second-order valence-corrected chi connectivity index (χ2v) is 10.4. The van der Waals surface area contributed by atoms with Crippen molar-refractivity contribution in [3.8, 4) is 0 Å². The van der Waals surface area contributed by atoms with Crippen LogP contribution in [0.5, 0.6) is 0 Å². The lowest BCUT2D eigenvalue weighted by molar-refractivity contribution is -0.212. The normalized spacial score (nSPS) is 46.4. The summed E-state index contributed by atoms with van der Waals surface area (Å²) in [7, 11) is 0. The highest BCUT2D eigenvalue weighted by Crippen LogP contribution is 2.70. The topological polar surface area (TPSA) is 63.6 Å². The van der Waals surface area contributed by atoms with Crippen LogP contribution in [0.3, 0.4) is 0 Å². The van der Waals surface area contributed by atoms with Gasteiger partial charge in [0.25, 0.3) is 0 Å². The predicted molar refractivity (Wildman–Crippen MR) is 112 cm³/mol. The molecule has 0 spiro atoms. The quantitative estimate of drug-likeness (QED) is 0.630. The maximum absolute atomic E-state index is 17.1. The summed E-state index contributed by atoms with van der Waals surface area (Å²) in [5, 5.41) is 11.3. The minimum atomic E-state index is -2.07. The highest BCUT2D eigenvalue weighted by molar-refractivity contribution is 6.04. The van der Waals surface area contributed by atoms with E-state index in [1.807, 2.05) is 20.8 Å². The molecule has 0 aliphatic heterocycles. The number of aliphatic hydroxyl groups is 1. The first kappa shape index (κ1) is 22.6. The molecule has 0 heterocycles. The van der Waals surface area contributed by atoms with E-state index in [1.165, 1.54) is 6.08 Å². The van der Waals surface area contributed by atoms with Crippen LogP contribution >= 0.6 is 0 Å². The van der Waals surface area contributed by atoms with Crippen LogP contribution in [0, 0.1) is 28.6 Å². The number of fused-ring (bicyclic) bond motifs is 5. The van der Waals surface area contributed by atoms with Crippen LogP contribution in [-0.4, -0.2) is 34.7 Å². The number of alkyl halides is 1. The van der Waals surface area contributed by atoms with Crippen LogP contribution in [0.4, 0.5) is 8.78 Å². The first-order chi connectivity index (χ1) is 14.6. The molecule has 4 aliphatic rings. The van der Waals surface area contributed by atoms with E-state index in [1.54, 1.807) is 6.92 Å². The molecule has 0 aromatic rings. The van der Waals surface area contributed by atoms with E-state index in [9.17, 15) is 19.1 Å². The van der Waals surface area contributed by atoms with Crippen molar-refractivity contribution < 1.29 is 28.2 Å². The number of ketones is 1. The summed E-state index contributed by atoms with van der Waals surface area (Å²) in [6.45, 7) is 7.62. The third-order valence-electron chi connectivity index (χ3n) is 9.08. The molecule has 4 aliphatic carbocycles. The Kier molecular flexibility index (Phi) is 5.47. The summed E-state index contributed by atoms with van der Waals surface area (Å²) in [5.74, 6) is -2.34. The van der Waals surface area contributed by atoms with Crippen molar-refractivity contribution >= 4 is 11.8 Å². The van der Waals surface area contributed by atoms with Crippen LogP contribution < -0.4 is 0 Å². The Bertz CT molecular complexity index is 850. The number of hydrogen-bond donors (Lipinski definition) is 1. The fraction of sp³-hybridized carbons (Fsp3) is 0.760. The minimum Gasteiger partial charge on any atom is -0.461 e. The van der Waals surface area contributed by atoms with Crippen molar-refractivity contribution in [1.29, 1.82) is 0 Å². The van der Waals surface area contributed by atoms with Gasteiger partial charge in [-0.25, -0.2) is 8.78 Å². The largest absolute Gasteiger partial charge is 0.461 e. The monoisotopic (exact) mass is 436 g/mol. The zero-order valence-electron chi connectivity index (χ0n) is 18.9. The number of aliphatic hydroxyl groups excluding tert-OH is 1. The van der Waals surface area contributed by atoms with Gasteiger partial charge in [0.1, 0.15) is 6.10 Å². The zero-order valence-corrected chi connectivity index (χ0v) is 18.9. The van der Waals surface area contributed by atoms with E-state index < -0.39 is 40.1 Å². The van der Waals surface area contributed by atoms with Crippen LogP contribution in [-0.2, 0) is 14.3 Å². The third-order valence-corrected chi connectivity index (χ3v) is 9.08. The van der Waals surface area contributed by atoms with Gasteiger partial charge in [-0.05, 0) is 68.9 Å². The maximum atomic E-state index is 17.1. The zero-order chi connectivity index (χ0) is 22.8. The predicted octanol–water partition coefficient (Wildman–Crippen LogP) is 5.00. The van der Waals surface area contributed by atoms with Crippen LogP contribution in [0.15, 0.2) is 23.6 Å². The fourth-order valence-electron chi connectivity index (χ4n) is 7.63. The Balaban J connectivity index is 1.76. The van der Waals surface area contributed by atoms with Crippen LogP contribution in [0.2, 0.25) is 0 Å². The number of ether oxygens (including phenoxy) is 1. The van der Waals surface area contributed by atoms with Gasteiger partial charge in [-0.2, -0.15) is 0 Å². The number of carbonyl (C=O) groups is 2. The highest BCUT2D eigenvalue weighted by Gasteiger charge is 2.72. The number of halogens is 2. The van der Waals surface area contributed by atoms with Crippen molar-refractivity contribution in [3.63, 3.8) is 0 Å². The third kappa shape index (κ3) is 2.86. The summed E-state index contributed by atoms with van der Waals surface area (Å²) in [6.07, 6.45) is 4.17. The van der Waals surface area contributed by atoms with E-state index in [0.717, 1.165) is 6.08 Å². The minimum absolute atomic E-state index is 0.0604. The number of hydrogen-bond acceptors (Lipinski definition) is 4. The molecule has 0 aromatic heterocycles. The van der Waals surface area contributed by atoms with Gasteiger partial charge in [0.2, 0.25) is 5.78 Å². The van der Waals surface area contributed by atoms with E-state index >= 15 is 4.39 Å². The SMILES string of the molecule is CCCC(=O)O[C@@H]1[C@@H](C)C[C@H]2[C@@H]3CCC4=C(F)C(=O)C=C[C@]4(C)[C@@]3(F)[C@@H](O)C[C@]12CC. The smallest absolute Gasteiger partial charge is 0.306 e. The lowest BCUT2D eigenvalue weighted by Gasteiger charge is -2.62. The number of carbonyl (C=O) groups excluding carboxylic acids is 2. The number of rotatable bonds is 4. The second kappa shape index (κ2) is 7.50. The summed E-state index contributed by atoms with van der Waals surface area (Å²) in [6, 6.07) is 0. The van der Waals surface area contributed by atoms with Gasteiger partial charge >= 0.3 is 5.97 Å². The van der Waals surface area contributed by atoms with E-state index in [-0.39, 0.29) is 35.9 Å². The molecule has 0 radical (unpaired) electrons. The van der Waals surface area contributed by atoms with E-state index in [0.29, 0.717) is 38.5 Å². The Hall–Kier alpha value is -1.56. The highest BCUT2D eigenvalue weighted by atomic mass is 19.1. The van der Waals surface area contributed by atoms with E-state index in [2.05, 4.69) is 0 Å². The summed E-state index contributed by atoms with van der Waals surface area (Å²) in [4.78, 5) is 24.3. The van der Waals surface area contributed by atoms with Crippen LogP contribution in [0.1, 0.15) is 72.6 Å². The Morgan fingerprint density at radius 3 is 2.68 bits per heavy atom. The summed E-state index contributed by atoms with van der Waals surface area (Å²) in [5.41, 5.74) is -3.74. The molecule has 4 rings (SSSR count). The first-order valence-electron chi connectivity index (χ1n) is 11.8. The van der Waals surface area contributed by atoms with Gasteiger partial charge in [-0.1, -0.05) is 26.8 Å². The summed E-state index contributed by atoms with van der Waals surface area (Å²) < 4.78 is 37.8. The van der Waals surface area contributed by atoms with Crippen molar-refractivity contribution in [2.75, 3.05) is 0 Å². The van der Waals surface area contributed by atoms with Crippen molar-refractivity contribution in [2.45, 2.75) is 90.5 Å². The van der Waals surface area contributed by atoms with Gasteiger partial charge in [0, 0.05) is 23.2 Å². The van der Waals surface area contributed by atoms with Crippen molar-refractivity contribution in [1.82, 2.24) is 0 Å². The lowest BCUT2D eigenvalue weighted by atomic mass is 9.45. The molecule has 0 amide bonds. The molecular weight excluding hydrogens is 402 g/mol. The fourth-order valence-corrected chi connectivity index (χ4v) is 7.63. The first-order valence-corrected chi connectivity index (χ1v) is 11.8. The molecule has 4 nitrogen and oxygen atoms in total. The van der Waals surface area contributed by atoms with Gasteiger partial charge in [0.15, 0.2) is 11.5 Å². The van der Waals surface area contributed by atoms with Gasteiger partial charge in [-0.15, -0.1) is 0 Å². The molecule has 6 heteroatoms. The number of esters is 1. The molecule has 0 bridgehead atoms. The lowest BCUT2D eigenvalue weighted by Crippen LogP contribution is -2.67. The van der Waals surface area contributed by atoms with Crippen molar-refractivity contribution in [3.05, 3.63) is 23.6 Å². The molecule has 1 N–H and O–H groups in total. The van der Waals surface area contributed by atoms with Crippen molar-refractivity contribution in [2.24, 2.45) is 28.6 Å². The van der Waals surface area contributed by atoms with Gasteiger partial charge in [0.05, 0.1) is 6.10 Å². The van der Waals surface area contributed by atoms with E-state index in [4.69, 9.17) is 4.74 Å².